The van der Waals surface area contributed by atoms with Crippen molar-refractivity contribution in [1.29, 1.82) is 0 Å². The Balaban J connectivity index is 3.19. The van der Waals surface area contributed by atoms with E-state index in [0.717, 1.165) is 0 Å². The zero-order valence-electron chi connectivity index (χ0n) is 8.71. The lowest BCUT2D eigenvalue weighted by atomic mass is 10.2. The average Bonchev–Trinajstić information content (AvgIpc) is 2.26. The molecule has 0 spiro atoms. The summed E-state index contributed by atoms with van der Waals surface area (Å²) in [6, 6.07) is 1.25. The largest absolute Gasteiger partial charge is 0.574 e. The van der Waals surface area contributed by atoms with Crippen molar-refractivity contribution in [1.82, 2.24) is 4.98 Å². The third-order valence-electron chi connectivity index (χ3n) is 1.82. The molecule has 0 bridgehead atoms. The van der Waals surface area contributed by atoms with E-state index in [1.807, 2.05) is 0 Å². The molecule has 1 rings (SSSR count). The molecule has 0 fully saturated rings. The molecule has 0 radical (unpaired) electrons. The monoisotopic (exact) mass is 271 g/mol. The normalized spacial score (nSPS) is 11.4. The zero-order chi connectivity index (χ0) is 13.1. The van der Waals surface area contributed by atoms with Gasteiger partial charge in [-0.1, -0.05) is 0 Å². The molecule has 0 atom stereocenters. The first-order valence-electron chi connectivity index (χ1n) is 4.40. The molecule has 0 saturated carbocycles. The van der Waals surface area contributed by atoms with Crippen molar-refractivity contribution in [2.24, 2.45) is 0 Å². The van der Waals surface area contributed by atoms with Crippen molar-refractivity contribution in [2.75, 3.05) is 7.11 Å². The summed E-state index contributed by atoms with van der Waals surface area (Å²) in [6.45, 7) is -0.424. The number of alkyl halides is 4. The molecular weight excluding hydrogens is 263 g/mol. The molecule has 0 aliphatic heterocycles. The van der Waals surface area contributed by atoms with E-state index in [0.29, 0.717) is 0 Å². The highest BCUT2D eigenvalue weighted by Crippen LogP contribution is 2.30. The zero-order valence-corrected chi connectivity index (χ0v) is 9.47. The number of rotatable bonds is 4. The summed E-state index contributed by atoms with van der Waals surface area (Å²) in [5.41, 5.74) is 0.256. The molecule has 0 aromatic carbocycles. The van der Waals surface area contributed by atoms with Crippen molar-refractivity contribution in [3.63, 3.8) is 0 Å². The predicted octanol–water partition coefficient (Wildman–Crippen LogP) is 2.22. The van der Waals surface area contributed by atoms with E-state index in [9.17, 15) is 13.2 Å². The number of hydrogen-bond acceptors (Lipinski definition) is 4. The molecular formula is C9H9ClF3NO3. The van der Waals surface area contributed by atoms with Crippen molar-refractivity contribution in [3.8, 4) is 11.8 Å². The Labute approximate surface area is 99.9 Å². The SMILES string of the molecule is COc1nc(OC(F)(F)F)c(CCl)cc1CO. The molecule has 0 aliphatic carbocycles. The number of nitrogens with zero attached hydrogens (tertiary/aromatic N) is 1. The quantitative estimate of drug-likeness (QED) is 0.853. The van der Waals surface area contributed by atoms with Gasteiger partial charge in [0.1, 0.15) is 0 Å². The van der Waals surface area contributed by atoms with Crippen LogP contribution in [-0.2, 0) is 12.5 Å². The summed E-state index contributed by atoms with van der Waals surface area (Å²) in [5, 5.41) is 8.97. The lowest BCUT2D eigenvalue weighted by Crippen LogP contribution is -2.19. The number of ether oxygens (including phenoxy) is 2. The number of aliphatic hydroxyl groups excluding tert-OH is 1. The highest BCUT2D eigenvalue weighted by molar-refractivity contribution is 6.17. The van der Waals surface area contributed by atoms with Gasteiger partial charge in [0, 0.05) is 11.1 Å². The number of hydrogen-bond donors (Lipinski definition) is 1. The smallest absolute Gasteiger partial charge is 0.481 e. The third kappa shape index (κ3) is 3.64. The molecule has 17 heavy (non-hydrogen) atoms. The summed E-state index contributed by atoms with van der Waals surface area (Å²) in [6.07, 6.45) is -4.86. The highest BCUT2D eigenvalue weighted by atomic mass is 35.5. The van der Waals surface area contributed by atoms with E-state index in [1.54, 1.807) is 0 Å². The van der Waals surface area contributed by atoms with Crippen molar-refractivity contribution < 1.29 is 27.8 Å². The van der Waals surface area contributed by atoms with Gasteiger partial charge in [0.05, 0.1) is 19.6 Å². The molecule has 1 aromatic rings. The van der Waals surface area contributed by atoms with Gasteiger partial charge in [0.2, 0.25) is 11.8 Å². The second kappa shape index (κ2) is 5.42. The van der Waals surface area contributed by atoms with Gasteiger partial charge in [-0.15, -0.1) is 24.8 Å². The number of halogens is 4. The maximum atomic E-state index is 12.1. The van der Waals surface area contributed by atoms with Crippen LogP contribution in [-0.4, -0.2) is 23.6 Å². The second-order valence-corrected chi connectivity index (χ2v) is 3.23. The maximum absolute atomic E-state index is 12.1. The fourth-order valence-corrected chi connectivity index (χ4v) is 1.34. The van der Waals surface area contributed by atoms with Crippen LogP contribution in [0.1, 0.15) is 11.1 Å². The van der Waals surface area contributed by atoms with Crippen LogP contribution in [0.3, 0.4) is 0 Å². The van der Waals surface area contributed by atoms with Gasteiger partial charge in [0.15, 0.2) is 0 Å². The maximum Gasteiger partial charge on any atom is 0.574 e. The lowest BCUT2D eigenvalue weighted by Gasteiger charge is -2.14. The van der Waals surface area contributed by atoms with E-state index in [1.165, 1.54) is 13.2 Å². The van der Waals surface area contributed by atoms with E-state index in [-0.39, 0.29) is 22.9 Å². The van der Waals surface area contributed by atoms with Crippen LogP contribution in [0.5, 0.6) is 11.8 Å². The van der Waals surface area contributed by atoms with Gasteiger partial charge < -0.3 is 14.6 Å². The molecule has 4 nitrogen and oxygen atoms in total. The predicted molar refractivity (Wildman–Crippen MR) is 53.0 cm³/mol. The summed E-state index contributed by atoms with van der Waals surface area (Å²) in [4.78, 5) is 3.51. The van der Waals surface area contributed by atoms with Crippen LogP contribution in [0.25, 0.3) is 0 Å². The minimum atomic E-state index is -4.86. The van der Waals surface area contributed by atoms with Gasteiger partial charge in [-0.25, -0.2) is 0 Å². The Hall–Kier alpha value is -1.21. The van der Waals surface area contributed by atoms with E-state index in [4.69, 9.17) is 21.4 Å². The minimum absolute atomic E-state index is 0.0221. The second-order valence-electron chi connectivity index (χ2n) is 2.96. The third-order valence-corrected chi connectivity index (χ3v) is 2.11. The molecule has 0 aliphatic rings. The van der Waals surface area contributed by atoms with Crippen LogP contribution in [0.2, 0.25) is 0 Å². The molecule has 0 saturated heterocycles. The number of methoxy groups -OCH3 is 1. The number of pyridine rings is 1. The Bertz CT molecular complexity index is 398. The van der Waals surface area contributed by atoms with Gasteiger partial charge in [-0.05, 0) is 6.07 Å². The first kappa shape index (κ1) is 13.9. The summed E-state index contributed by atoms with van der Waals surface area (Å²) in [5.74, 6) is -1.04. The van der Waals surface area contributed by atoms with Crippen molar-refractivity contribution >= 4 is 11.6 Å². The summed E-state index contributed by atoms with van der Waals surface area (Å²) in [7, 11) is 1.22. The van der Waals surface area contributed by atoms with Crippen molar-refractivity contribution in [3.05, 3.63) is 17.2 Å². The van der Waals surface area contributed by atoms with Gasteiger partial charge >= 0.3 is 6.36 Å². The van der Waals surface area contributed by atoms with E-state index >= 15 is 0 Å². The molecule has 8 heteroatoms. The topological polar surface area (TPSA) is 51.6 Å². The number of aliphatic hydroxyl groups is 1. The van der Waals surface area contributed by atoms with Gasteiger partial charge in [0.25, 0.3) is 0 Å². The summed E-state index contributed by atoms with van der Waals surface area (Å²) < 4.78 is 44.7. The molecule has 96 valence electrons. The average molecular weight is 272 g/mol. The Kier molecular flexibility index (Phi) is 4.41. The van der Waals surface area contributed by atoms with Crippen LogP contribution < -0.4 is 9.47 Å². The van der Waals surface area contributed by atoms with Gasteiger partial charge in [-0.2, -0.15) is 4.98 Å². The first-order valence-corrected chi connectivity index (χ1v) is 4.94. The van der Waals surface area contributed by atoms with Crippen LogP contribution in [0.15, 0.2) is 6.07 Å². The minimum Gasteiger partial charge on any atom is -0.481 e. The molecule has 0 amide bonds. The standard InChI is InChI=1S/C9H9ClF3NO3/c1-16-7-6(4-15)2-5(3-10)8(14-7)17-9(11,12)13/h2,15H,3-4H2,1H3. The van der Waals surface area contributed by atoms with E-state index in [2.05, 4.69) is 9.72 Å². The Morgan fingerprint density at radius 1 is 1.35 bits per heavy atom. The number of aromatic nitrogens is 1. The Morgan fingerprint density at radius 2 is 2.00 bits per heavy atom. The van der Waals surface area contributed by atoms with Crippen molar-refractivity contribution in [2.45, 2.75) is 18.8 Å². The molecule has 1 heterocycles. The summed E-state index contributed by atoms with van der Waals surface area (Å²) >= 11 is 5.48. The highest BCUT2D eigenvalue weighted by Gasteiger charge is 2.33. The van der Waals surface area contributed by atoms with Crippen LogP contribution in [0.4, 0.5) is 13.2 Å². The van der Waals surface area contributed by atoms with Gasteiger partial charge in [-0.3, -0.25) is 0 Å². The van der Waals surface area contributed by atoms with E-state index < -0.39 is 18.8 Å². The van der Waals surface area contributed by atoms with Crippen LogP contribution >= 0.6 is 11.6 Å². The first-order chi connectivity index (χ1) is 7.91. The molecule has 1 aromatic heterocycles. The molecule has 1 N–H and O–H groups in total. The Morgan fingerprint density at radius 3 is 2.41 bits per heavy atom. The lowest BCUT2D eigenvalue weighted by molar-refractivity contribution is -0.276. The van der Waals surface area contributed by atoms with Crippen LogP contribution in [0, 0.1) is 0 Å². The molecule has 0 unspecified atom stereocenters. The fourth-order valence-electron chi connectivity index (χ4n) is 1.15. The fraction of sp³-hybridized carbons (Fsp3) is 0.444.